The van der Waals surface area contributed by atoms with Crippen molar-refractivity contribution >= 4 is 17.3 Å². The molecule has 3 aromatic rings. The Hall–Kier alpha value is -3.27. The van der Waals surface area contributed by atoms with Gasteiger partial charge in [-0.2, -0.15) is 0 Å². The van der Waals surface area contributed by atoms with E-state index in [-0.39, 0.29) is 5.91 Å². The molecule has 2 N–H and O–H groups in total. The van der Waals surface area contributed by atoms with Crippen LogP contribution in [0.5, 0.6) is 5.75 Å². The summed E-state index contributed by atoms with van der Waals surface area (Å²) in [5.41, 5.74) is 5.35. The molecule has 0 aliphatic carbocycles. The second-order valence-electron chi connectivity index (χ2n) is 8.00. The molecular formula is C26H30N2O2. The molecule has 3 aromatic carbocycles. The van der Waals surface area contributed by atoms with Crippen molar-refractivity contribution in [1.82, 2.24) is 0 Å². The number of ether oxygens (including phenoxy) is 1. The Morgan fingerprint density at radius 2 is 1.57 bits per heavy atom. The van der Waals surface area contributed by atoms with Gasteiger partial charge in [0, 0.05) is 24.3 Å². The second-order valence-corrected chi connectivity index (χ2v) is 8.00. The van der Waals surface area contributed by atoms with Gasteiger partial charge in [-0.1, -0.05) is 61.9 Å². The number of benzene rings is 3. The molecule has 3 rings (SSSR count). The summed E-state index contributed by atoms with van der Waals surface area (Å²) < 4.78 is 5.87. The summed E-state index contributed by atoms with van der Waals surface area (Å²) in [7, 11) is 0. The van der Waals surface area contributed by atoms with Gasteiger partial charge < -0.3 is 15.4 Å². The summed E-state index contributed by atoms with van der Waals surface area (Å²) in [6.07, 6.45) is 0.524. The molecule has 0 radical (unpaired) electrons. The molecule has 1 amide bonds. The van der Waals surface area contributed by atoms with Gasteiger partial charge in [0.1, 0.15) is 12.4 Å². The van der Waals surface area contributed by atoms with Gasteiger partial charge in [0.25, 0.3) is 0 Å². The zero-order chi connectivity index (χ0) is 21.3. The number of carbonyl (C=O) groups excluding carboxylic acids is 1. The first kappa shape index (κ1) is 21.4. The zero-order valence-corrected chi connectivity index (χ0v) is 17.9. The Labute approximate surface area is 179 Å². The molecule has 0 spiro atoms. The van der Waals surface area contributed by atoms with E-state index < -0.39 is 0 Å². The fourth-order valence-corrected chi connectivity index (χ4v) is 3.05. The highest BCUT2D eigenvalue weighted by Crippen LogP contribution is 2.19. The first-order valence-corrected chi connectivity index (χ1v) is 10.4. The third kappa shape index (κ3) is 6.96. The third-order valence-corrected chi connectivity index (χ3v) is 4.69. The van der Waals surface area contributed by atoms with Gasteiger partial charge in [-0.05, 0) is 54.3 Å². The number of hydrogen-bond acceptors (Lipinski definition) is 3. The van der Waals surface area contributed by atoms with E-state index in [1.807, 2.05) is 50.2 Å². The number of rotatable bonds is 9. The zero-order valence-electron chi connectivity index (χ0n) is 17.9. The Kier molecular flexibility index (Phi) is 7.50. The maximum atomic E-state index is 12.0. The molecule has 4 nitrogen and oxygen atoms in total. The van der Waals surface area contributed by atoms with Gasteiger partial charge in [0.15, 0.2) is 0 Å². The van der Waals surface area contributed by atoms with Gasteiger partial charge >= 0.3 is 0 Å². The lowest BCUT2D eigenvalue weighted by atomic mass is 10.1. The van der Waals surface area contributed by atoms with E-state index in [4.69, 9.17) is 4.74 Å². The molecule has 0 aliphatic heterocycles. The predicted molar refractivity (Wildman–Crippen MR) is 124 cm³/mol. The summed E-state index contributed by atoms with van der Waals surface area (Å²) in [5.74, 6) is 1.24. The summed E-state index contributed by atoms with van der Waals surface area (Å²) in [6.45, 7) is 7.41. The Morgan fingerprint density at radius 3 is 2.27 bits per heavy atom. The molecule has 0 saturated carbocycles. The fraction of sp³-hybridized carbons (Fsp3) is 0.269. The van der Waals surface area contributed by atoms with Crippen molar-refractivity contribution in [1.29, 1.82) is 0 Å². The molecule has 30 heavy (non-hydrogen) atoms. The van der Waals surface area contributed by atoms with E-state index in [0.29, 0.717) is 25.5 Å². The van der Waals surface area contributed by atoms with Crippen molar-refractivity contribution < 1.29 is 9.53 Å². The lowest BCUT2D eigenvalue weighted by Crippen LogP contribution is -2.13. The summed E-state index contributed by atoms with van der Waals surface area (Å²) in [6, 6.07) is 24.3. The third-order valence-electron chi connectivity index (χ3n) is 4.69. The van der Waals surface area contributed by atoms with E-state index in [1.54, 1.807) is 0 Å². The molecule has 0 saturated heterocycles. The van der Waals surface area contributed by atoms with Gasteiger partial charge in [0.05, 0.1) is 0 Å². The van der Waals surface area contributed by atoms with Crippen LogP contribution in [0.4, 0.5) is 11.4 Å². The average molecular weight is 403 g/mol. The highest BCUT2D eigenvalue weighted by Gasteiger charge is 2.06. The van der Waals surface area contributed by atoms with Gasteiger partial charge in [0.2, 0.25) is 5.91 Å². The van der Waals surface area contributed by atoms with Gasteiger partial charge in [-0.25, -0.2) is 0 Å². The molecule has 0 fully saturated rings. The van der Waals surface area contributed by atoms with Crippen LogP contribution < -0.4 is 15.4 Å². The lowest BCUT2D eigenvalue weighted by molar-refractivity contribution is -0.116. The largest absolute Gasteiger partial charge is 0.489 e. The molecule has 0 bridgehead atoms. The quantitative estimate of drug-likeness (QED) is 0.450. The fourth-order valence-electron chi connectivity index (χ4n) is 3.05. The van der Waals surface area contributed by atoms with Crippen LogP contribution in [0, 0.1) is 12.8 Å². The van der Waals surface area contributed by atoms with Crippen molar-refractivity contribution in [3.8, 4) is 5.75 Å². The first-order chi connectivity index (χ1) is 14.5. The Morgan fingerprint density at radius 1 is 0.900 bits per heavy atom. The molecule has 0 aliphatic rings. The topological polar surface area (TPSA) is 50.4 Å². The van der Waals surface area contributed by atoms with Crippen LogP contribution in [0.2, 0.25) is 0 Å². The SMILES string of the molecule is Cc1ccc(COc2ccc(CNc3cccc(NC(=O)CC(C)C)c3)cc2)cc1. The molecule has 156 valence electrons. The van der Waals surface area contributed by atoms with Crippen molar-refractivity contribution in [2.75, 3.05) is 10.6 Å². The Balaban J connectivity index is 1.49. The number of hydrogen-bond donors (Lipinski definition) is 2. The van der Waals surface area contributed by atoms with Gasteiger partial charge in [-0.3, -0.25) is 4.79 Å². The predicted octanol–water partition coefficient (Wildman–Crippen LogP) is 6.17. The first-order valence-electron chi connectivity index (χ1n) is 10.4. The van der Waals surface area contributed by atoms with Crippen LogP contribution in [-0.2, 0) is 17.9 Å². The molecule has 0 atom stereocenters. The molecular weight excluding hydrogens is 372 g/mol. The maximum Gasteiger partial charge on any atom is 0.224 e. The van der Waals surface area contributed by atoms with Crippen LogP contribution in [-0.4, -0.2) is 5.91 Å². The monoisotopic (exact) mass is 402 g/mol. The van der Waals surface area contributed by atoms with E-state index in [0.717, 1.165) is 28.3 Å². The highest BCUT2D eigenvalue weighted by molar-refractivity contribution is 5.91. The maximum absolute atomic E-state index is 12.0. The van der Waals surface area contributed by atoms with Crippen molar-refractivity contribution in [3.63, 3.8) is 0 Å². The summed E-state index contributed by atoms with van der Waals surface area (Å²) in [4.78, 5) is 12.0. The standard InChI is InChI=1S/C26H30N2O2/c1-19(2)15-26(29)28-24-6-4-5-23(16-24)27-17-21-11-13-25(14-12-21)30-18-22-9-7-20(3)8-10-22/h4-14,16,19,27H,15,17-18H2,1-3H3,(H,28,29). The number of nitrogens with one attached hydrogen (secondary N) is 2. The number of carbonyl (C=O) groups is 1. The van der Waals surface area contributed by atoms with Crippen molar-refractivity contribution in [2.24, 2.45) is 5.92 Å². The minimum Gasteiger partial charge on any atom is -0.489 e. The van der Waals surface area contributed by atoms with E-state index in [9.17, 15) is 4.79 Å². The number of aryl methyl sites for hydroxylation is 1. The number of anilines is 2. The van der Waals surface area contributed by atoms with Crippen LogP contribution in [0.15, 0.2) is 72.8 Å². The van der Waals surface area contributed by atoms with E-state index in [2.05, 4.69) is 54.0 Å². The van der Waals surface area contributed by atoms with Crippen LogP contribution in [0.3, 0.4) is 0 Å². The summed E-state index contributed by atoms with van der Waals surface area (Å²) in [5, 5.41) is 6.36. The minimum atomic E-state index is 0.0448. The lowest BCUT2D eigenvalue weighted by Gasteiger charge is -2.11. The van der Waals surface area contributed by atoms with Crippen LogP contribution in [0.25, 0.3) is 0 Å². The van der Waals surface area contributed by atoms with Gasteiger partial charge in [-0.15, -0.1) is 0 Å². The minimum absolute atomic E-state index is 0.0448. The number of amides is 1. The van der Waals surface area contributed by atoms with E-state index >= 15 is 0 Å². The summed E-state index contributed by atoms with van der Waals surface area (Å²) >= 11 is 0. The second kappa shape index (κ2) is 10.5. The van der Waals surface area contributed by atoms with Crippen molar-refractivity contribution in [3.05, 3.63) is 89.5 Å². The smallest absolute Gasteiger partial charge is 0.224 e. The van der Waals surface area contributed by atoms with Crippen LogP contribution in [0.1, 0.15) is 37.0 Å². The van der Waals surface area contributed by atoms with E-state index in [1.165, 1.54) is 5.56 Å². The van der Waals surface area contributed by atoms with Crippen LogP contribution >= 0.6 is 0 Å². The van der Waals surface area contributed by atoms with Crippen molar-refractivity contribution in [2.45, 2.75) is 40.3 Å². The highest BCUT2D eigenvalue weighted by atomic mass is 16.5. The molecule has 4 heteroatoms. The molecule has 0 aromatic heterocycles. The Bertz CT molecular complexity index is 948. The average Bonchev–Trinajstić information content (AvgIpc) is 2.72. The molecule has 0 unspecified atom stereocenters. The normalized spacial score (nSPS) is 10.7. The molecule has 0 heterocycles.